The van der Waals surface area contributed by atoms with Crippen LogP contribution in [-0.2, 0) is 4.79 Å². The summed E-state index contributed by atoms with van der Waals surface area (Å²) >= 11 is 1.62. The van der Waals surface area contributed by atoms with Crippen molar-refractivity contribution < 1.29 is 9.59 Å². The molecule has 0 aliphatic carbocycles. The Morgan fingerprint density at radius 2 is 1.81 bits per heavy atom. The minimum Gasteiger partial charge on any atom is -0.397 e. The molecule has 32 heavy (non-hydrogen) atoms. The van der Waals surface area contributed by atoms with Crippen molar-refractivity contribution >= 4 is 42.6 Å². The molecule has 168 valence electrons. The van der Waals surface area contributed by atoms with Crippen LogP contribution in [0.3, 0.4) is 0 Å². The third-order valence-electron chi connectivity index (χ3n) is 5.64. The topological polar surface area (TPSA) is 110 Å². The van der Waals surface area contributed by atoms with E-state index >= 15 is 0 Å². The second-order valence-electron chi connectivity index (χ2n) is 8.59. The lowest BCUT2D eigenvalue weighted by Crippen LogP contribution is -2.44. The zero-order valence-corrected chi connectivity index (χ0v) is 20.5. The molecule has 2 aromatic carbocycles. The number of carbonyl (C=O) groups is 2. The van der Waals surface area contributed by atoms with Crippen molar-refractivity contribution in [1.29, 1.82) is 0 Å². The second-order valence-corrected chi connectivity index (χ2v) is 14.9. The summed E-state index contributed by atoms with van der Waals surface area (Å²) in [6, 6.07) is 17.1. The molecule has 8 heteroatoms. The Morgan fingerprint density at radius 3 is 2.41 bits per heavy atom. The number of rotatable bonds is 9. The van der Waals surface area contributed by atoms with Gasteiger partial charge in [-0.15, -0.1) is 11.3 Å². The number of amides is 2. The summed E-state index contributed by atoms with van der Waals surface area (Å²) in [6.45, 7) is 6.71. The Bertz CT molecular complexity index is 1080. The molecule has 6 N–H and O–H groups in total. The quantitative estimate of drug-likeness (QED) is 0.272. The molecule has 1 aromatic heterocycles. The molecule has 6 nitrogen and oxygen atoms in total. The van der Waals surface area contributed by atoms with Gasteiger partial charge >= 0.3 is 0 Å². The van der Waals surface area contributed by atoms with Crippen molar-refractivity contribution in [3.63, 3.8) is 0 Å². The van der Waals surface area contributed by atoms with Crippen LogP contribution < -0.4 is 22.1 Å². The molecule has 0 aliphatic heterocycles. The second kappa shape index (κ2) is 10.1. The fourth-order valence-electron chi connectivity index (χ4n) is 3.17. The predicted octanol–water partition coefficient (Wildman–Crippen LogP) is 4.63. The number of nitrogens with one attached hydrogen (secondary N) is 2. The lowest BCUT2D eigenvalue weighted by atomic mass is 10.0. The van der Waals surface area contributed by atoms with E-state index in [9.17, 15) is 9.59 Å². The van der Waals surface area contributed by atoms with Crippen LogP contribution in [0.5, 0.6) is 0 Å². The average molecular weight is 467 g/mol. The highest BCUT2D eigenvalue weighted by Gasteiger charge is 2.23. The van der Waals surface area contributed by atoms with Crippen LogP contribution >= 0.6 is 11.3 Å². The van der Waals surface area contributed by atoms with E-state index in [0.29, 0.717) is 16.9 Å². The first-order valence-electron chi connectivity index (χ1n) is 10.6. The Balaban J connectivity index is 1.73. The number of carbonyl (C=O) groups excluding carboxylic acids is 2. The van der Waals surface area contributed by atoms with E-state index in [0.717, 1.165) is 28.2 Å². The Labute approximate surface area is 194 Å². The lowest BCUT2D eigenvalue weighted by molar-refractivity contribution is -0.120. The minimum atomic E-state index is -1.42. The van der Waals surface area contributed by atoms with Gasteiger partial charge in [-0.3, -0.25) is 9.59 Å². The number of nitrogen functional groups attached to an aromatic ring is 1. The molecule has 0 saturated carbocycles. The van der Waals surface area contributed by atoms with Gasteiger partial charge in [0, 0.05) is 10.4 Å². The van der Waals surface area contributed by atoms with Gasteiger partial charge in [-0.05, 0) is 53.0 Å². The van der Waals surface area contributed by atoms with Crippen molar-refractivity contribution in [2.24, 2.45) is 5.73 Å². The summed E-state index contributed by atoms with van der Waals surface area (Å²) in [6.07, 6.45) is 0.791. The standard InChI is InChI=1S/C24H30N4O2SSi/c1-4-32(2,3)15-27-22(23(26)29)16-7-9-17(10-8-16)24(30)28-20-14-18(11-12-19(20)25)21-6-5-13-31-21/h5-14,22,27H,4,15,25H2,1-3H3,(H2,26,29)(H,28,30). The summed E-state index contributed by atoms with van der Waals surface area (Å²) in [5.74, 6) is -0.698. The summed E-state index contributed by atoms with van der Waals surface area (Å²) < 4.78 is 0. The summed E-state index contributed by atoms with van der Waals surface area (Å²) in [7, 11) is -1.42. The van der Waals surface area contributed by atoms with Crippen molar-refractivity contribution in [1.82, 2.24) is 5.32 Å². The molecule has 2 amide bonds. The Kier molecular flexibility index (Phi) is 7.50. The third-order valence-corrected chi connectivity index (χ3v) is 9.63. The molecule has 0 radical (unpaired) electrons. The van der Waals surface area contributed by atoms with E-state index in [2.05, 4.69) is 30.7 Å². The normalized spacial score (nSPS) is 12.3. The van der Waals surface area contributed by atoms with E-state index in [1.54, 1.807) is 41.7 Å². The summed E-state index contributed by atoms with van der Waals surface area (Å²) in [4.78, 5) is 25.9. The molecule has 1 unspecified atom stereocenters. The van der Waals surface area contributed by atoms with Gasteiger partial charge in [0.1, 0.15) is 6.04 Å². The first-order chi connectivity index (χ1) is 15.2. The maximum atomic E-state index is 12.8. The van der Waals surface area contributed by atoms with E-state index in [4.69, 9.17) is 11.5 Å². The molecule has 3 aromatic rings. The number of hydrogen-bond donors (Lipinski definition) is 4. The third kappa shape index (κ3) is 5.85. The number of benzene rings is 2. The average Bonchev–Trinajstić information content (AvgIpc) is 3.30. The van der Waals surface area contributed by atoms with Crippen LogP contribution in [0.25, 0.3) is 10.4 Å². The zero-order chi connectivity index (χ0) is 23.3. The maximum Gasteiger partial charge on any atom is 0.255 e. The van der Waals surface area contributed by atoms with E-state index in [-0.39, 0.29) is 5.91 Å². The van der Waals surface area contributed by atoms with Crippen LogP contribution in [0, 0.1) is 0 Å². The molecule has 0 bridgehead atoms. The molecule has 0 spiro atoms. The van der Waals surface area contributed by atoms with Gasteiger partial charge in [-0.2, -0.15) is 0 Å². The number of thiophene rings is 1. The molecule has 1 heterocycles. The molecule has 1 atom stereocenters. The SMILES string of the molecule is CC[Si](C)(C)CNC(C(N)=O)c1ccc(C(=O)Nc2cc(-c3cccs3)ccc2N)cc1. The van der Waals surface area contributed by atoms with Crippen LogP contribution in [-0.4, -0.2) is 26.1 Å². The highest BCUT2D eigenvalue weighted by Crippen LogP contribution is 2.30. The Hall–Kier alpha value is -2.94. The molecule has 3 rings (SSSR count). The predicted molar refractivity (Wildman–Crippen MR) is 136 cm³/mol. The highest BCUT2D eigenvalue weighted by molar-refractivity contribution is 7.13. The molecule has 0 saturated heterocycles. The number of hydrogen-bond acceptors (Lipinski definition) is 5. The molecule has 0 fully saturated rings. The van der Waals surface area contributed by atoms with Gasteiger partial charge in [0.05, 0.1) is 19.4 Å². The van der Waals surface area contributed by atoms with E-state index < -0.39 is 20.0 Å². The van der Waals surface area contributed by atoms with Crippen molar-refractivity contribution in [3.05, 3.63) is 71.1 Å². The first-order valence-corrected chi connectivity index (χ1v) is 14.9. The lowest BCUT2D eigenvalue weighted by Gasteiger charge is -2.24. The van der Waals surface area contributed by atoms with Gasteiger partial charge in [-0.1, -0.05) is 50.3 Å². The van der Waals surface area contributed by atoms with E-state index in [1.165, 1.54) is 0 Å². The number of primary amides is 1. The van der Waals surface area contributed by atoms with Gasteiger partial charge in [0.2, 0.25) is 5.91 Å². The summed E-state index contributed by atoms with van der Waals surface area (Å²) in [5, 5.41) is 8.21. The number of nitrogens with two attached hydrogens (primary N) is 2. The van der Waals surface area contributed by atoms with Gasteiger partial charge < -0.3 is 22.1 Å². The molecule has 0 aliphatic rings. The minimum absolute atomic E-state index is 0.269. The van der Waals surface area contributed by atoms with Crippen molar-refractivity contribution in [3.8, 4) is 10.4 Å². The van der Waals surface area contributed by atoms with Crippen molar-refractivity contribution in [2.45, 2.75) is 32.1 Å². The van der Waals surface area contributed by atoms with Crippen LogP contribution in [0.4, 0.5) is 11.4 Å². The molecular formula is C24H30N4O2SSi. The first kappa shape index (κ1) is 23.7. The van der Waals surface area contributed by atoms with Crippen LogP contribution in [0.1, 0.15) is 28.9 Å². The van der Waals surface area contributed by atoms with Gasteiger partial charge in [0.25, 0.3) is 5.91 Å². The van der Waals surface area contributed by atoms with Gasteiger partial charge in [0.15, 0.2) is 0 Å². The van der Waals surface area contributed by atoms with E-state index in [1.807, 2.05) is 29.6 Å². The van der Waals surface area contributed by atoms with Gasteiger partial charge in [-0.25, -0.2) is 0 Å². The largest absolute Gasteiger partial charge is 0.397 e. The van der Waals surface area contributed by atoms with Crippen LogP contribution in [0.2, 0.25) is 19.1 Å². The highest BCUT2D eigenvalue weighted by atomic mass is 32.1. The van der Waals surface area contributed by atoms with Crippen molar-refractivity contribution in [2.75, 3.05) is 17.2 Å². The fourth-order valence-corrected chi connectivity index (χ4v) is 4.90. The fraction of sp³-hybridized carbons (Fsp3) is 0.250. The number of anilines is 2. The smallest absolute Gasteiger partial charge is 0.255 e. The monoisotopic (exact) mass is 466 g/mol. The van der Waals surface area contributed by atoms with Crippen LogP contribution in [0.15, 0.2) is 60.0 Å². The zero-order valence-electron chi connectivity index (χ0n) is 18.6. The maximum absolute atomic E-state index is 12.8. The summed E-state index contributed by atoms with van der Waals surface area (Å²) in [5.41, 5.74) is 15.0. The Morgan fingerprint density at radius 1 is 1.09 bits per heavy atom. The molecular weight excluding hydrogens is 436 g/mol.